The number of hydrogen-bond acceptors (Lipinski definition) is 7. The predicted molar refractivity (Wildman–Crippen MR) is 119 cm³/mol. The Morgan fingerprint density at radius 2 is 1.96 bits per heavy atom. The van der Waals surface area contributed by atoms with Gasteiger partial charge in [0.15, 0.2) is 4.34 Å². The van der Waals surface area contributed by atoms with Gasteiger partial charge in [-0.05, 0) is 29.9 Å². The number of aromatic nitrogens is 2. The molecule has 0 fully saturated rings. The van der Waals surface area contributed by atoms with E-state index in [1.54, 1.807) is 11.3 Å². The first kappa shape index (κ1) is 20.8. The summed E-state index contributed by atoms with van der Waals surface area (Å²) in [6, 6.07) is 12.2. The molecule has 1 amide bonds. The number of amides is 1. The minimum absolute atomic E-state index is 0.0177. The Balaban J connectivity index is 1.59. The molecule has 28 heavy (non-hydrogen) atoms. The van der Waals surface area contributed by atoms with Crippen molar-refractivity contribution in [2.24, 2.45) is 5.92 Å². The smallest absolute Gasteiger partial charge is 0.231 e. The van der Waals surface area contributed by atoms with Gasteiger partial charge in [0.1, 0.15) is 0 Å². The molecule has 0 aliphatic carbocycles. The van der Waals surface area contributed by atoms with Crippen LogP contribution in [0.1, 0.15) is 35.9 Å². The van der Waals surface area contributed by atoms with Crippen LogP contribution < -0.4 is 10.6 Å². The van der Waals surface area contributed by atoms with Crippen molar-refractivity contribution in [3.8, 4) is 0 Å². The van der Waals surface area contributed by atoms with Gasteiger partial charge in [-0.1, -0.05) is 72.8 Å². The van der Waals surface area contributed by atoms with Crippen molar-refractivity contribution in [3.05, 3.63) is 57.8 Å². The Bertz CT molecular complexity index is 875. The molecule has 3 aromatic rings. The molecule has 0 bridgehead atoms. The van der Waals surface area contributed by atoms with E-state index in [2.05, 4.69) is 71.9 Å². The van der Waals surface area contributed by atoms with Gasteiger partial charge in [-0.2, -0.15) is 0 Å². The van der Waals surface area contributed by atoms with Gasteiger partial charge >= 0.3 is 0 Å². The molecule has 0 aliphatic heterocycles. The molecule has 0 saturated carbocycles. The van der Waals surface area contributed by atoms with Crippen LogP contribution in [0, 0.1) is 12.8 Å². The van der Waals surface area contributed by atoms with E-state index in [-0.39, 0.29) is 11.9 Å². The Morgan fingerprint density at radius 3 is 2.64 bits per heavy atom. The van der Waals surface area contributed by atoms with Crippen molar-refractivity contribution < 1.29 is 4.79 Å². The van der Waals surface area contributed by atoms with Crippen molar-refractivity contribution in [2.45, 2.75) is 31.2 Å². The van der Waals surface area contributed by atoms with Crippen LogP contribution in [0.25, 0.3) is 0 Å². The molecule has 0 saturated heterocycles. The summed E-state index contributed by atoms with van der Waals surface area (Å²) in [7, 11) is 0. The van der Waals surface area contributed by atoms with Gasteiger partial charge < -0.3 is 10.6 Å². The minimum Gasteiger partial charge on any atom is -0.360 e. The van der Waals surface area contributed by atoms with Crippen LogP contribution in [0.15, 0.2) is 46.1 Å². The number of carbonyl (C=O) groups excluding carboxylic acids is 1. The summed E-state index contributed by atoms with van der Waals surface area (Å²) in [4.78, 5) is 13.7. The molecule has 2 heterocycles. The van der Waals surface area contributed by atoms with Crippen molar-refractivity contribution in [1.29, 1.82) is 0 Å². The van der Waals surface area contributed by atoms with Crippen LogP contribution in [0.2, 0.25) is 0 Å². The summed E-state index contributed by atoms with van der Waals surface area (Å²) in [5, 5.41) is 17.5. The van der Waals surface area contributed by atoms with E-state index < -0.39 is 0 Å². The van der Waals surface area contributed by atoms with Crippen LogP contribution in [0.4, 0.5) is 5.13 Å². The summed E-state index contributed by atoms with van der Waals surface area (Å²) in [5.41, 5.74) is 2.29. The second-order valence-corrected chi connectivity index (χ2v) is 10.0. The highest BCUT2D eigenvalue weighted by molar-refractivity contribution is 8.01. The molecule has 0 aliphatic rings. The van der Waals surface area contributed by atoms with E-state index in [0.29, 0.717) is 11.7 Å². The summed E-state index contributed by atoms with van der Waals surface area (Å²) in [6.07, 6.45) is 0. The Morgan fingerprint density at radius 1 is 1.18 bits per heavy atom. The quantitative estimate of drug-likeness (QED) is 0.467. The molecule has 1 atom stereocenters. The second kappa shape index (κ2) is 10.0. The molecule has 0 radical (unpaired) electrons. The molecule has 148 valence electrons. The highest BCUT2D eigenvalue weighted by Gasteiger charge is 2.18. The highest BCUT2D eigenvalue weighted by Crippen LogP contribution is 2.28. The van der Waals surface area contributed by atoms with Crippen LogP contribution >= 0.6 is 34.4 Å². The zero-order valence-electron chi connectivity index (χ0n) is 16.1. The lowest BCUT2D eigenvalue weighted by Gasteiger charge is -2.18. The maximum Gasteiger partial charge on any atom is 0.231 e. The van der Waals surface area contributed by atoms with Gasteiger partial charge in [0.2, 0.25) is 11.0 Å². The summed E-state index contributed by atoms with van der Waals surface area (Å²) < 4.78 is 0.796. The van der Waals surface area contributed by atoms with Gasteiger partial charge in [0, 0.05) is 11.4 Å². The molecule has 2 N–H and O–H groups in total. The van der Waals surface area contributed by atoms with E-state index in [1.165, 1.54) is 28.7 Å². The molecular weight excluding hydrogens is 408 g/mol. The Kier molecular flexibility index (Phi) is 7.47. The number of rotatable bonds is 9. The molecule has 5 nitrogen and oxygen atoms in total. The molecule has 3 rings (SSSR count). The monoisotopic (exact) mass is 432 g/mol. The standard InChI is InChI=1S/C20H24N4OS3/c1-13(2)11-21-19-23-24-20(28-19)27-12-17(25)22-18(16-5-4-10-26-16)15-8-6-14(3)7-9-15/h4-10,13,18H,11-12H2,1-3H3,(H,21,23)(H,22,25). The third kappa shape index (κ3) is 6.05. The summed E-state index contributed by atoms with van der Waals surface area (Å²) in [6.45, 7) is 7.21. The van der Waals surface area contributed by atoms with Crippen LogP contribution in [-0.2, 0) is 4.79 Å². The second-order valence-electron chi connectivity index (χ2n) is 6.86. The maximum absolute atomic E-state index is 12.6. The van der Waals surface area contributed by atoms with E-state index in [1.807, 2.05) is 11.4 Å². The maximum atomic E-state index is 12.6. The number of aryl methyl sites for hydroxylation is 1. The zero-order chi connectivity index (χ0) is 19.9. The van der Waals surface area contributed by atoms with Gasteiger partial charge in [0.05, 0.1) is 11.8 Å². The normalized spacial score (nSPS) is 12.1. The third-order valence-electron chi connectivity index (χ3n) is 3.94. The molecule has 1 aromatic carbocycles. The SMILES string of the molecule is Cc1ccc(C(NC(=O)CSc2nnc(NCC(C)C)s2)c2cccs2)cc1. The Labute approximate surface area is 178 Å². The van der Waals surface area contributed by atoms with Crippen molar-refractivity contribution in [2.75, 3.05) is 17.6 Å². The van der Waals surface area contributed by atoms with Crippen LogP contribution in [0.5, 0.6) is 0 Å². The predicted octanol–water partition coefficient (Wildman–Crippen LogP) is 4.97. The Hall–Kier alpha value is -1.90. The number of anilines is 1. The number of thioether (sulfide) groups is 1. The number of carbonyl (C=O) groups is 1. The molecule has 2 aromatic heterocycles. The van der Waals surface area contributed by atoms with Gasteiger partial charge in [-0.25, -0.2) is 0 Å². The number of thiophene rings is 1. The number of hydrogen-bond donors (Lipinski definition) is 2. The number of benzene rings is 1. The molecule has 1 unspecified atom stereocenters. The van der Waals surface area contributed by atoms with E-state index in [0.717, 1.165) is 26.5 Å². The lowest BCUT2D eigenvalue weighted by Crippen LogP contribution is -2.30. The highest BCUT2D eigenvalue weighted by atomic mass is 32.2. The van der Waals surface area contributed by atoms with Crippen LogP contribution in [-0.4, -0.2) is 28.4 Å². The fourth-order valence-electron chi connectivity index (χ4n) is 2.49. The fourth-order valence-corrected chi connectivity index (χ4v) is 4.87. The van der Waals surface area contributed by atoms with Crippen molar-refractivity contribution in [3.63, 3.8) is 0 Å². The first-order valence-electron chi connectivity index (χ1n) is 9.11. The van der Waals surface area contributed by atoms with Gasteiger partial charge in [-0.3, -0.25) is 4.79 Å². The lowest BCUT2D eigenvalue weighted by atomic mass is 10.0. The average Bonchev–Trinajstić information content (AvgIpc) is 3.35. The first-order chi connectivity index (χ1) is 13.5. The molecular formula is C20H24N4OS3. The van der Waals surface area contributed by atoms with Gasteiger partial charge in [-0.15, -0.1) is 21.5 Å². The fraction of sp³-hybridized carbons (Fsp3) is 0.350. The van der Waals surface area contributed by atoms with Gasteiger partial charge in [0.25, 0.3) is 0 Å². The first-order valence-corrected chi connectivity index (χ1v) is 11.8. The summed E-state index contributed by atoms with van der Waals surface area (Å²) >= 11 is 4.55. The number of nitrogens with zero attached hydrogens (tertiary/aromatic N) is 2. The zero-order valence-corrected chi connectivity index (χ0v) is 18.6. The molecule has 0 spiro atoms. The minimum atomic E-state index is -0.133. The van der Waals surface area contributed by atoms with Crippen molar-refractivity contribution >= 4 is 45.5 Å². The average molecular weight is 433 g/mol. The van der Waals surface area contributed by atoms with E-state index >= 15 is 0 Å². The van der Waals surface area contributed by atoms with Crippen LogP contribution in [0.3, 0.4) is 0 Å². The van der Waals surface area contributed by atoms with E-state index in [4.69, 9.17) is 0 Å². The topological polar surface area (TPSA) is 66.9 Å². The van der Waals surface area contributed by atoms with Crippen molar-refractivity contribution in [1.82, 2.24) is 15.5 Å². The summed E-state index contributed by atoms with van der Waals surface area (Å²) in [5.74, 6) is 0.838. The number of nitrogens with one attached hydrogen (secondary N) is 2. The molecule has 8 heteroatoms. The van der Waals surface area contributed by atoms with E-state index in [9.17, 15) is 4.79 Å². The lowest BCUT2D eigenvalue weighted by molar-refractivity contribution is -0.119. The largest absolute Gasteiger partial charge is 0.360 e. The third-order valence-corrected chi connectivity index (χ3v) is 6.89.